The Morgan fingerprint density at radius 2 is 1.87 bits per heavy atom. The summed E-state index contributed by atoms with van der Waals surface area (Å²) >= 11 is 1.45. The Balaban J connectivity index is 1.75. The van der Waals surface area contributed by atoms with E-state index in [1.165, 1.54) is 41.7 Å². The van der Waals surface area contributed by atoms with Crippen molar-refractivity contribution < 1.29 is 17.9 Å². The molecule has 0 N–H and O–H groups in total. The molecule has 0 aliphatic heterocycles. The third-order valence-corrected chi connectivity index (χ3v) is 7.91. The molecule has 0 fully saturated rings. The van der Waals surface area contributed by atoms with E-state index in [0.29, 0.717) is 17.1 Å². The molecule has 8 heteroatoms. The van der Waals surface area contributed by atoms with E-state index in [-0.39, 0.29) is 29.4 Å². The van der Waals surface area contributed by atoms with E-state index in [9.17, 15) is 13.2 Å². The second kappa shape index (κ2) is 9.62. The summed E-state index contributed by atoms with van der Waals surface area (Å²) in [6.45, 7) is 8.45. The third kappa shape index (κ3) is 5.32. The summed E-state index contributed by atoms with van der Waals surface area (Å²) in [6.07, 6.45) is 2.04. The lowest BCUT2D eigenvalue weighted by Gasteiger charge is -2.05. The number of ether oxygens (including phenoxy) is 1. The number of hydrogen-bond acceptors (Lipinski definition) is 5. The minimum absolute atomic E-state index is 0.0653. The lowest BCUT2D eigenvalue weighted by Crippen LogP contribution is -2.16. The van der Waals surface area contributed by atoms with E-state index in [1.807, 2.05) is 4.57 Å². The van der Waals surface area contributed by atoms with Gasteiger partial charge in [-0.3, -0.25) is 4.79 Å². The zero-order valence-corrected chi connectivity index (χ0v) is 19.6. The fourth-order valence-corrected chi connectivity index (χ4v) is 5.64. The summed E-state index contributed by atoms with van der Waals surface area (Å²) < 4.78 is 33.1. The highest BCUT2D eigenvalue weighted by atomic mass is 32.2. The van der Waals surface area contributed by atoms with Gasteiger partial charge in [0, 0.05) is 13.0 Å². The molecule has 1 amide bonds. The highest BCUT2D eigenvalue weighted by molar-refractivity contribution is 7.91. The van der Waals surface area contributed by atoms with Crippen molar-refractivity contribution >= 4 is 37.3 Å². The van der Waals surface area contributed by atoms with Crippen LogP contribution >= 0.6 is 11.3 Å². The van der Waals surface area contributed by atoms with Gasteiger partial charge in [-0.05, 0) is 67.8 Å². The first kappa shape index (κ1) is 23.0. The number of carbonyl (C=O) groups is 1. The highest BCUT2D eigenvalue weighted by Gasteiger charge is 2.15. The van der Waals surface area contributed by atoms with Gasteiger partial charge in [-0.1, -0.05) is 17.4 Å². The van der Waals surface area contributed by atoms with Crippen LogP contribution in [-0.2, 0) is 21.2 Å². The molecule has 0 spiro atoms. The number of carbonyl (C=O) groups excluding carboxylic acids is 1. The van der Waals surface area contributed by atoms with Crippen LogP contribution in [0.5, 0.6) is 5.75 Å². The van der Waals surface area contributed by atoms with Crippen LogP contribution in [0.2, 0.25) is 0 Å². The Morgan fingerprint density at radius 3 is 2.52 bits per heavy atom. The maximum Gasteiger partial charge on any atom is 0.248 e. The van der Waals surface area contributed by atoms with Gasteiger partial charge in [0.05, 0.1) is 28.0 Å². The Morgan fingerprint density at radius 1 is 1.19 bits per heavy atom. The fourth-order valence-electron chi connectivity index (χ4n) is 3.19. The fraction of sp³-hybridized carbons (Fsp3) is 0.304. The van der Waals surface area contributed by atoms with E-state index in [1.54, 1.807) is 18.2 Å². The molecular weight excluding hydrogens is 432 g/mol. The first-order valence-electron chi connectivity index (χ1n) is 9.91. The van der Waals surface area contributed by atoms with Gasteiger partial charge in [-0.2, -0.15) is 4.99 Å². The van der Waals surface area contributed by atoms with Gasteiger partial charge in [-0.25, -0.2) is 8.42 Å². The zero-order chi connectivity index (χ0) is 22.6. The third-order valence-electron chi connectivity index (χ3n) is 5.05. The summed E-state index contributed by atoms with van der Waals surface area (Å²) in [5.41, 5.74) is 3.37. The standard InChI is InChI=1S/C23H26N2O4S2/c1-5-12-25-20-14-16(2)17(3)15-21(20)30-23(25)24-22(26)7-6-13-31(27,28)19-10-8-18(29-4)9-11-19/h5,8-11,14-15H,1,6-7,12-13H2,2-4H3. The maximum atomic E-state index is 12.5. The van der Waals surface area contributed by atoms with E-state index in [4.69, 9.17) is 4.74 Å². The second-order valence-electron chi connectivity index (χ2n) is 7.29. The Kier molecular flexibility index (Phi) is 7.12. The van der Waals surface area contributed by atoms with Crippen molar-refractivity contribution in [2.24, 2.45) is 4.99 Å². The number of rotatable bonds is 8. The number of aromatic nitrogens is 1. The molecule has 2 aromatic carbocycles. The maximum absolute atomic E-state index is 12.5. The molecule has 6 nitrogen and oxygen atoms in total. The molecule has 1 heterocycles. The number of sulfone groups is 1. The topological polar surface area (TPSA) is 77.7 Å². The summed E-state index contributed by atoms with van der Waals surface area (Å²) in [6, 6.07) is 10.4. The Labute approximate surface area is 186 Å². The summed E-state index contributed by atoms with van der Waals surface area (Å²) in [5.74, 6) is 0.148. The molecule has 0 aliphatic rings. The molecule has 164 valence electrons. The number of allylic oxidation sites excluding steroid dienone is 1. The smallest absolute Gasteiger partial charge is 0.248 e. The van der Waals surface area contributed by atoms with E-state index in [2.05, 4.69) is 37.6 Å². The minimum Gasteiger partial charge on any atom is -0.497 e. The Hall–Kier alpha value is -2.71. The first-order chi connectivity index (χ1) is 14.7. The van der Waals surface area contributed by atoms with Crippen molar-refractivity contribution in [3.05, 3.63) is 65.0 Å². The average molecular weight is 459 g/mol. The molecule has 0 saturated carbocycles. The van der Waals surface area contributed by atoms with Crippen LogP contribution in [0.3, 0.4) is 0 Å². The number of fused-ring (bicyclic) bond motifs is 1. The molecule has 0 saturated heterocycles. The predicted molar refractivity (Wildman–Crippen MR) is 124 cm³/mol. The number of nitrogens with zero attached hydrogens (tertiary/aromatic N) is 2. The van der Waals surface area contributed by atoms with Crippen molar-refractivity contribution in [1.29, 1.82) is 0 Å². The van der Waals surface area contributed by atoms with Gasteiger partial charge in [-0.15, -0.1) is 6.58 Å². The number of hydrogen-bond donors (Lipinski definition) is 0. The molecule has 0 aliphatic carbocycles. The lowest BCUT2D eigenvalue weighted by atomic mass is 10.1. The quantitative estimate of drug-likeness (QED) is 0.474. The molecular formula is C23H26N2O4S2. The number of amides is 1. The molecule has 3 rings (SSSR count). The predicted octanol–water partition coefficient (Wildman–Crippen LogP) is 4.20. The summed E-state index contributed by atoms with van der Waals surface area (Å²) in [7, 11) is -1.94. The highest BCUT2D eigenvalue weighted by Crippen LogP contribution is 2.22. The number of benzene rings is 2. The number of aryl methyl sites for hydroxylation is 2. The summed E-state index contributed by atoms with van der Waals surface area (Å²) in [5, 5.41) is 0. The molecule has 0 unspecified atom stereocenters. The Bertz CT molecular complexity index is 1280. The van der Waals surface area contributed by atoms with Crippen LogP contribution in [0.4, 0.5) is 0 Å². The van der Waals surface area contributed by atoms with E-state index < -0.39 is 9.84 Å². The largest absolute Gasteiger partial charge is 0.497 e. The SMILES string of the molecule is C=CCn1c(=NC(=O)CCCS(=O)(=O)c2ccc(OC)cc2)sc2cc(C)c(C)cc21. The minimum atomic E-state index is -3.47. The van der Waals surface area contributed by atoms with Crippen LogP contribution in [-0.4, -0.2) is 31.8 Å². The van der Waals surface area contributed by atoms with Gasteiger partial charge in [0.15, 0.2) is 14.6 Å². The normalized spacial score (nSPS) is 12.3. The van der Waals surface area contributed by atoms with Crippen LogP contribution in [0.1, 0.15) is 24.0 Å². The molecule has 31 heavy (non-hydrogen) atoms. The van der Waals surface area contributed by atoms with Crippen molar-refractivity contribution in [2.45, 2.75) is 38.1 Å². The zero-order valence-electron chi connectivity index (χ0n) is 17.9. The second-order valence-corrected chi connectivity index (χ2v) is 10.4. The molecule has 0 radical (unpaired) electrons. The van der Waals surface area contributed by atoms with E-state index in [0.717, 1.165) is 10.2 Å². The van der Waals surface area contributed by atoms with E-state index >= 15 is 0 Å². The van der Waals surface area contributed by atoms with Gasteiger partial charge >= 0.3 is 0 Å². The van der Waals surface area contributed by atoms with Gasteiger partial charge in [0.2, 0.25) is 5.91 Å². The summed E-state index contributed by atoms with van der Waals surface area (Å²) in [4.78, 5) is 17.6. The number of thiazole rings is 1. The first-order valence-corrected chi connectivity index (χ1v) is 12.4. The number of methoxy groups -OCH3 is 1. The van der Waals surface area contributed by atoms with Crippen LogP contribution < -0.4 is 9.54 Å². The molecule has 1 aromatic heterocycles. The lowest BCUT2D eigenvalue weighted by molar-refractivity contribution is -0.118. The van der Waals surface area contributed by atoms with Crippen LogP contribution in [0, 0.1) is 13.8 Å². The molecule has 3 aromatic rings. The van der Waals surface area contributed by atoms with Crippen molar-refractivity contribution in [3.8, 4) is 5.75 Å². The van der Waals surface area contributed by atoms with Gasteiger partial charge < -0.3 is 9.30 Å². The van der Waals surface area contributed by atoms with Crippen LogP contribution in [0.25, 0.3) is 10.2 Å². The van der Waals surface area contributed by atoms with Crippen molar-refractivity contribution in [3.63, 3.8) is 0 Å². The van der Waals surface area contributed by atoms with Gasteiger partial charge in [0.25, 0.3) is 0 Å². The molecule has 0 bridgehead atoms. The average Bonchev–Trinajstić information content (AvgIpc) is 3.04. The molecule has 0 atom stereocenters. The van der Waals surface area contributed by atoms with Gasteiger partial charge in [0.1, 0.15) is 5.75 Å². The van der Waals surface area contributed by atoms with Crippen molar-refractivity contribution in [2.75, 3.05) is 12.9 Å². The van der Waals surface area contributed by atoms with Crippen LogP contribution in [0.15, 0.2) is 58.9 Å². The van der Waals surface area contributed by atoms with Crippen molar-refractivity contribution in [1.82, 2.24) is 4.57 Å². The monoisotopic (exact) mass is 458 g/mol.